The summed E-state index contributed by atoms with van der Waals surface area (Å²) in [7, 11) is 0. The second-order valence-electron chi connectivity index (χ2n) is 6.55. The van der Waals surface area contributed by atoms with E-state index in [1.807, 2.05) is 6.92 Å². The van der Waals surface area contributed by atoms with Gasteiger partial charge in [0.2, 0.25) is 0 Å². The summed E-state index contributed by atoms with van der Waals surface area (Å²) < 4.78 is 0. The van der Waals surface area contributed by atoms with Crippen molar-refractivity contribution in [3.8, 4) is 0 Å². The topological polar surface area (TPSA) is 72.9 Å². The molecule has 21 heavy (non-hydrogen) atoms. The van der Waals surface area contributed by atoms with E-state index in [-0.39, 0.29) is 12.1 Å². The second-order valence-corrected chi connectivity index (χ2v) is 6.55. The molecule has 0 aromatic rings. The Morgan fingerprint density at radius 1 is 1.19 bits per heavy atom. The quantitative estimate of drug-likeness (QED) is 0.825. The maximum atomic E-state index is 12.4. The van der Waals surface area contributed by atoms with Crippen LogP contribution in [-0.2, 0) is 4.79 Å². The minimum absolute atomic E-state index is 0.0363. The van der Waals surface area contributed by atoms with Crippen molar-refractivity contribution in [2.75, 3.05) is 26.2 Å². The van der Waals surface area contributed by atoms with Gasteiger partial charge in [0, 0.05) is 19.1 Å². The highest BCUT2D eigenvalue weighted by Crippen LogP contribution is 2.29. The van der Waals surface area contributed by atoms with E-state index >= 15 is 0 Å². The van der Waals surface area contributed by atoms with Crippen molar-refractivity contribution in [2.45, 2.75) is 57.5 Å². The Hall–Kier alpha value is -1.30. The Bertz CT molecular complexity index is 396. The zero-order chi connectivity index (χ0) is 15.5. The molecule has 2 unspecified atom stereocenters. The normalized spacial score (nSPS) is 28.4. The van der Waals surface area contributed by atoms with Crippen LogP contribution in [0.4, 0.5) is 4.79 Å². The number of hydrogen-bond donors (Lipinski definition) is 2. The molecule has 0 aromatic carbocycles. The summed E-state index contributed by atoms with van der Waals surface area (Å²) in [4.78, 5) is 27.6. The number of carbonyl (C=O) groups excluding carboxylic acids is 1. The highest BCUT2D eigenvalue weighted by molar-refractivity contribution is 5.86. The van der Waals surface area contributed by atoms with Crippen molar-refractivity contribution < 1.29 is 14.7 Å². The third kappa shape index (κ3) is 3.67. The summed E-state index contributed by atoms with van der Waals surface area (Å²) in [6.07, 6.45) is 5.02. The van der Waals surface area contributed by atoms with Crippen LogP contribution < -0.4 is 5.32 Å². The average molecular weight is 297 g/mol. The summed E-state index contributed by atoms with van der Waals surface area (Å²) in [5, 5.41) is 12.3. The lowest BCUT2D eigenvalue weighted by molar-refractivity contribution is -0.147. The summed E-state index contributed by atoms with van der Waals surface area (Å²) >= 11 is 0. The molecule has 2 rings (SSSR count). The van der Waals surface area contributed by atoms with Gasteiger partial charge >= 0.3 is 12.0 Å². The molecule has 0 aromatic heterocycles. The van der Waals surface area contributed by atoms with Gasteiger partial charge in [-0.2, -0.15) is 0 Å². The number of carbonyl (C=O) groups is 2. The second kappa shape index (κ2) is 6.64. The van der Waals surface area contributed by atoms with E-state index in [2.05, 4.69) is 10.2 Å². The fourth-order valence-electron chi connectivity index (χ4n) is 3.37. The van der Waals surface area contributed by atoms with Gasteiger partial charge in [-0.05, 0) is 52.6 Å². The lowest BCUT2D eigenvalue weighted by Crippen LogP contribution is -2.56. The number of hydrogen-bond acceptors (Lipinski definition) is 3. The molecule has 2 atom stereocenters. The van der Waals surface area contributed by atoms with Gasteiger partial charge in [-0.15, -0.1) is 0 Å². The van der Waals surface area contributed by atoms with Crippen molar-refractivity contribution in [1.82, 2.24) is 15.1 Å². The van der Waals surface area contributed by atoms with E-state index in [0.29, 0.717) is 13.0 Å². The predicted octanol–water partition coefficient (Wildman–Crippen LogP) is 1.51. The van der Waals surface area contributed by atoms with E-state index in [1.54, 1.807) is 6.92 Å². The van der Waals surface area contributed by atoms with Gasteiger partial charge in [-0.3, -0.25) is 0 Å². The Kier molecular flexibility index (Phi) is 5.08. The predicted molar refractivity (Wildman–Crippen MR) is 80.3 cm³/mol. The van der Waals surface area contributed by atoms with Crippen molar-refractivity contribution in [1.29, 1.82) is 0 Å². The van der Waals surface area contributed by atoms with Crippen LogP contribution >= 0.6 is 0 Å². The smallest absolute Gasteiger partial charge is 0.329 e. The fraction of sp³-hybridized carbons (Fsp3) is 0.867. The standard InChI is InChI=1S/C15H27N3O3/c1-12(11-17-8-4-3-5-9-17)16-14(21)18-10-6-7-15(18,2)13(19)20/h12H,3-11H2,1-2H3,(H,16,21)(H,19,20). The van der Waals surface area contributed by atoms with Gasteiger partial charge in [-0.1, -0.05) is 6.42 Å². The molecule has 0 radical (unpaired) electrons. The van der Waals surface area contributed by atoms with Crippen molar-refractivity contribution >= 4 is 12.0 Å². The number of likely N-dealkylation sites (tertiary alicyclic amines) is 2. The van der Waals surface area contributed by atoms with Gasteiger partial charge in [0.15, 0.2) is 0 Å². The SMILES string of the molecule is CC(CN1CCCCC1)NC(=O)N1CCCC1(C)C(=O)O. The zero-order valence-electron chi connectivity index (χ0n) is 13.1. The molecule has 2 amide bonds. The van der Waals surface area contributed by atoms with Gasteiger partial charge in [-0.25, -0.2) is 9.59 Å². The van der Waals surface area contributed by atoms with E-state index in [4.69, 9.17) is 0 Å². The highest BCUT2D eigenvalue weighted by Gasteiger charge is 2.46. The van der Waals surface area contributed by atoms with Crippen molar-refractivity contribution in [3.63, 3.8) is 0 Å². The number of urea groups is 1. The van der Waals surface area contributed by atoms with Crippen LogP contribution in [0.3, 0.4) is 0 Å². The summed E-state index contributed by atoms with van der Waals surface area (Å²) in [5.41, 5.74) is -1.06. The van der Waals surface area contributed by atoms with Crippen LogP contribution in [0.5, 0.6) is 0 Å². The van der Waals surface area contributed by atoms with Crippen LogP contribution in [0.1, 0.15) is 46.0 Å². The lowest BCUT2D eigenvalue weighted by Gasteiger charge is -2.34. The zero-order valence-corrected chi connectivity index (χ0v) is 13.1. The number of nitrogens with one attached hydrogen (secondary N) is 1. The van der Waals surface area contributed by atoms with Gasteiger partial charge in [0.25, 0.3) is 0 Å². The first-order valence-electron chi connectivity index (χ1n) is 7.97. The maximum absolute atomic E-state index is 12.4. The highest BCUT2D eigenvalue weighted by atomic mass is 16.4. The summed E-state index contributed by atoms with van der Waals surface area (Å²) in [6.45, 7) is 7.17. The van der Waals surface area contributed by atoms with Crippen LogP contribution in [0.25, 0.3) is 0 Å². The molecule has 0 spiro atoms. The molecule has 6 heteroatoms. The number of nitrogens with zero attached hydrogens (tertiary/aromatic N) is 2. The van der Waals surface area contributed by atoms with Crippen LogP contribution in [0, 0.1) is 0 Å². The third-order valence-corrected chi connectivity index (χ3v) is 4.70. The maximum Gasteiger partial charge on any atom is 0.329 e. The van der Waals surface area contributed by atoms with Crippen molar-refractivity contribution in [3.05, 3.63) is 0 Å². The molecule has 0 saturated carbocycles. The molecular weight excluding hydrogens is 270 g/mol. The van der Waals surface area contributed by atoms with E-state index in [1.165, 1.54) is 24.2 Å². The van der Waals surface area contributed by atoms with Crippen molar-refractivity contribution in [2.24, 2.45) is 0 Å². The minimum Gasteiger partial charge on any atom is -0.480 e. The van der Waals surface area contributed by atoms with Crippen LogP contribution in [0.15, 0.2) is 0 Å². The number of aliphatic carboxylic acids is 1. The molecule has 120 valence electrons. The molecule has 2 aliphatic rings. The van der Waals surface area contributed by atoms with E-state index < -0.39 is 11.5 Å². The molecular formula is C15H27N3O3. The van der Waals surface area contributed by atoms with Crippen LogP contribution in [-0.4, -0.2) is 64.7 Å². The minimum atomic E-state index is -1.06. The van der Waals surface area contributed by atoms with E-state index in [9.17, 15) is 14.7 Å². The number of carboxylic acids is 1. The summed E-state index contributed by atoms with van der Waals surface area (Å²) in [5.74, 6) is -0.918. The Morgan fingerprint density at radius 3 is 2.48 bits per heavy atom. The molecule has 2 fully saturated rings. The molecule has 2 saturated heterocycles. The van der Waals surface area contributed by atoms with Gasteiger partial charge < -0.3 is 20.2 Å². The molecule has 0 aliphatic carbocycles. The monoisotopic (exact) mass is 297 g/mol. The van der Waals surface area contributed by atoms with Gasteiger partial charge in [0.1, 0.15) is 5.54 Å². The first-order chi connectivity index (χ1) is 9.93. The number of carboxylic acid groups (broad SMARTS) is 1. The molecule has 6 nitrogen and oxygen atoms in total. The number of amides is 2. The largest absolute Gasteiger partial charge is 0.480 e. The Labute approximate surface area is 126 Å². The van der Waals surface area contributed by atoms with Gasteiger partial charge in [0.05, 0.1) is 0 Å². The first kappa shape index (κ1) is 16.1. The fourth-order valence-corrected chi connectivity index (χ4v) is 3.37. The lowest BCUT2D eigenvalue weighted by atomic mass is 10.00. The first-order valence-corrected chi connectivity index (χ1v) is 7.97. The number of rotatable bonds is 4. The Morgan fingerprint density at radius 2 is 1.86 bits per heavy atom. The number of piperidine rings is 1. The molecule has 2 heterocycles. The Balaban J connectivity index is 1.86. The molecule has 2 N–H and O–H groups in total. The molecule has 0 bridgehead atoms. The summed E-state index contributed by atoms with van der Waals surface area (Å²) in [6, 6.07) is -0.212. The molecule has 2 aliphatic heterocycles. The van der Waals surface area contributed by atoms with Crippen LogP contribution in [0.2, 0.25) is 0 Å². The average Bonchev–Trinajstić information content (AvgIpc) is 2.83. The third-order valence-electron chi connectivity index (χ3n) is 4.70. The van der Waals surface area contributed by atoms with E-state index in [0.717, 1.165) is 26.1 Å².